The minimum Gasteiger partial charge on any atom is -0.439 e. The van der Waals surface area contributed by atoms with E-state index in [9.17, 15) is 0 Å². The second-order valence-corrected chi connectivity index (χ2v) is 4.30. The predicted molar refractivity (Wildman–Crippen MR) is 69.7 cm³/mol. The molecular formula is C15H14N2O. The Morgan fingerprint density at radius 2 is 1.94 bits per heavy atom. The molecule has 0 saturated carbocycles. The van der Waals surface area contributed by atoms with Crippen LogP contribution in [-0.4, -0.2) is 4.98 Å². The summed E-state index contributed by atoms with van der Waals surface area (Å²) in [6.07, 6.45) is 1.58. The van der Waals surface area contributed by atoms with Crippen molar-refractivity contribution in [2.24, 2.45) is 0 Å². The number of nitrogens with zero attached hydrogens (tertiary/aromatic N) is 2. The second kappa shape index (κ2) is 4.89. The molecule has 0 aliphatic carbocycles. The third-order valence-corrected chi connectivity index (χ3v) is 2.84. The minimum atomic E-state index is 0.446. The molecule has 0 aliphatic heterocycles. The van der Waals surface area contributed by atoms with Crippen molar-refractivity contribution in [2.75, 3.05) is 0 Å². The van der Waals surface area contributed by atoms with E-state index in [1.54, 1.807) is 18.3 Å². The molecule has 90 valence electrons. The molecule has 1 heterocycles. The molecule has 0 saturated heterocycles. The Balaban J connectivity index is 2.37. The molecule has 1 aromatic heterocycles. The van der Waals surface area contributed by atoms with Crippen LogP contribution in [0.2, 0.25) is 0 Å². The highest BCUT2D eigenvalue weighted by Crippen LogP contribution is 2.27. The normalized spacial score (nSPS) is 9.89. The Morgan fingerprint density at radius 3 is 2.67 bits per heavy atom. The molecule has 0 bridgehead atoms. The molecule has 3 heteroatoms. The first-order valence-corrected chi connectivity index (χ1v) is 5.72. The Kier molecular flexibility index (Phi) is 3.29. The average Bonchev–Trinajstić information content (AvgIpc) is 2.35. The molecule has 0 aliphatic rings. The summed E-state index contributed by atoms with van der Waals surface area (Å²) in [6, 6.07) is 9.45. The van der Waals surface area contributed by atoms with E-state index in [4.69, 9.17) is 10.00 Å². The van der Waals surface area contributed by atoms with Gasteiger partial charge in [0.25, 0.3) is 0 Å². The first-order valence-electron chi connectivity index (χ1n) is 5.72. The lowest BCUT2D eigenvalue weighted by molar-refractivity contribution is 0.458. The van der Waals surface area contributed by atoms with Crippen LogP contribution in [-0.2, 0) is 0 Å². The van der Waals surface area contributed by atoms with Crippen molar-refractivity contribution in [3.63, 3.8) is 0 Å². The first kappa shape index (κ1) is 12.1. The third-order valence-electron chi connectivity index (χ3n) is 2.84. The van der Waals surface area contributed by atoms with E-state index in [-0.39, 0.29) is 0 Å². The fraction of sp³-hybridized carbons (Fsp3) is 0.200. The fourth-order valence-electron chi connectivity index (χ4n) is 1.75. The maximum atomic E-state index is 8.84. The third kappa shape index (κ3) is 2.49. The molecule has 0 spiro atoms. The van der Waals surface area contributed by atoms with Crippen molar-refractivity contribution in [1.29, 1.82) is 5.26 Å². The van der Waals surface area contributed by atoms with Gasteiger partial charge in [0.15, 0.2) is 0 Å². The SMILES string of the molecule is Cc1cc(C)c(C)c(Oc2cc(C#N)ccn2)c1. The van der Waals surface area contributed by atoms with Gasteiger partial charge in [-0.3, -0.25) is 0 Å². The smallest absolute Gasteiger partial charge is 0.220 e. The summed E-state index contributed by atoms with van der Waals surface area (Å²) in [6.45, 7) is 6.09. The van der Waals surface area contributed by atoms with Crippen molar-refractivity contribution in [3.05, 3.63) is 52.7 Å². The summed E-state index contributed by atoms with van der Waals surface area (Å²) in [5.41, 5.74) is 3.96. The van der Waals surface area contributed by atoms with Crippen LogP contribution in [0, 0.1) is 32.1 Å². The quantitative estimate of drug-likeness (QED) is 0.801. The van der Waals surface area contributed by atoms with Gasteiger partial charge in [0.1, 0.15) is 5.75 Å². The minimum absolute atomic E-state index is 0.446. The molecule has 0 N–H and O–H groups in total. The predicted octanol–water partition coefficient (Wildman–Crippen LogP) is 3.67. The number of aromatic nitrogens is 1. The van der Waals surface area contributed by atoms with Crippen molar-refractivity contribution in [1.82, 2.24) is 4.98 Å². The van der Waals surface area contributed by atoms with Crippen LogP contribution in [0.3, 0.4) is 0 Å². The van der Waals surface area contributed by atoms with Crippen LogP contribution in [0.25, 0.3) is 0 Å². The van der Waals surface area contributed by atoms with Crippen LogP contribution in [0.1, 0.15) is 22.3 Å². The number of rotatable bonds is 2. The van der Waals surface area contributed by atoms with Gasteiger partial charge < -0.3 is 4.74 Å². The maximum Gasteiger partial charge on any atom is 0.220 e. The Labute approximate surface area is 107 Å². The first-order chi connectivity index (χ1) is 8.60. The van der Waals surface area contributed by atoms with E-state index < -0.39 is 0 Å². The van der Waals surface area contributed by atoms with E-state index >= 15 is 0 Å². The molecule has 18 heavy (non-hydrogen) atoms. The van der Waals surface area contributed by atoms with Gasteiger partial charge in [-0.2, -0.15) is 5.26 Å². The Hall–Kier alpha value is -2.34. The summed E-state index contributed by atoms with van der Waals surface area (Å²) in [5.74, 6) is 1.23. The number of ether oxygens (including phenoxy) is 1. The lowest BCUT2D eigenvalue weighted by atomic mass is 10.1. The molecule has 0 atom stereocenters. The van der Waals surface area contributed by atoms with Crippen molar-refractivity contribution < 1.29 is 4.74 Å². The van der Waals surface area contributed by atoms with Gasteiger partial charge in [-0.1, -0.05) is 6.07 Å². The number of aryl methyl sites for hydroxylation is 2. The van der Waals surface area contributed by atoms with Gasteiger partial charge in [0.2, 0.25) is 5.88 Å². The molecule has 1 aromatic carbocycles. The topological polar surface area (TPSA) is 45.9 Å². The van der Waals surface area contributed by atoms with Crippen LogP contribution in [0.5, 0.6) is 11.6 Å². The summed E-state index contributed by atoms with van der Waals surface area (Å²) < 4.78 is 5.75. The fourth-order valence-corrected chi connectivity index (χ4v) is 1.75. The van der Waals surface area contributed by atoms with Crippen LogP contribution >= 0.6 is 0 Å². The molecule has 0 amide bonds. The molecule has 2 rings (SSSR count). The zero-order chi connectivity index (χ0) is 13.1. The standard InChI is InChI=1S/C15H14N2O/c1-10-6-11(2)12(3)14(7-10)18-15-8-13(9-16)4-5-17-15/h4-8H,1-3H3. The number of benzene rings is 1. The zero-order valence-corrected chi connectivity index (χ0v) is 10.7. The Morgan fingerprint density at radius 1 is 1.17 bits per heavy atom. The molecule has 0 radical (unpaired) electrons. The molecule has 2 aromatic rings. The van der Waals surface area contributed by atoms with E-state index in [0.717, 1.165) is 16.9 Å². The van der Waals surface area contributed by atoms with E-state index in [2.05, 4.69) is 17.1 Å². The largest absolute Gasteiger partial charge is 0.439 e. The summed E-state index contributed by atoms with van der Waals surface area (Å²) in [7, 11) is 0. The lowest BCUT2D eigenvalue weighted by Gasteiger charge is -2.11. The molecular weight excluding hydrogens is 224 g/mol. The van der Waals surface area contributed by atoms with E-state index in [1.165, 1.54) is 5.56 Å². The lowest BCUT2D eigenvalue weighted by Crippen LogP contribution is -1.93. The highest BCUT2D eigenvalue weighted by Gasteiger charge is 2.06. The van der Waals surface area contributed by atoms with E-state index in [0.29, 0.717) is 11.4 Å². The van der Waals surface area contributed by atoms with E-state index in [1.807, 2.05) is 26.8 Å². The number of hydrogen-bond donors (Lipinski definition) is 0. The number of hydrogen-bond acceptors (Lipinski definition) is 3. The number of pyridine rings is 1. The molecule has 3 nitrogen and oxygen atoms in total. The van der Waals surface area contributed by atoms with Crippen molar-refractivity contribution in [3.8, 4) is 17.7 Å². The highest BCUT2D eigenvalue weighted by atomic mass is 16.5. The monoisotopic (exact) mass is 238 g/mol. The molecule has 0 fully saturated rings. The van der Waals surface area contributed by atoms with Gasteiger partial charge in [0.05, 0.1) is 11.6 Å². The number of nitriles is 1. The summed E-state index contributed by atoms with van der Waals surface area (Å²) in [4.78, 5) is 4.11. The summed E-state index contributed by atoms with van der Waals surface area (Å²) >= 11 is 0. The summed E-state index contributed by atoms with van der Waals surface area (Å²) in [5, 5.41) is 8.84. The van der Waals surface area contributed by atoms with Crippen molar-refractivity contribution >= 4 is 0 Å². The van der Waals surface area contributed by atoms with Gasteiger partial charge in [-0.25, -0.2) is 4.98 Å². The zero-order valence-electron chi connectivity index (χ0n) is 10.7. The van der Waals surface area contributed by atoms with Crippen molar-refractivity contribution in [2.45, 2.75) is 20.8 Å². The Bertz CT molecular complexity index is 627. The van der Waals surface area contributed by atoms with Gasteiger partial charge in [-0.15, -0.1) is 0 Å². The highest BCUT2D eigenvalue weighted by molar-refractivity contribution is 5.44. The van der Waals surface area contributed by atoms with Gasteiger partial charge in [0, 0.05) is 12.3 Å². The van der Waals surface area contributed by atoms with Crippen LogP contribution in [0.15, 0.2) is 30.5 Å². The molecule has 0 unspecified atom stereocenters. The van der Waals surface area contributed by atoms with Crippen LogP contribution in [0.4, 0.5) is 0 Å². The second-order valence-electron chi connectivity index (χ2n) is 4.30. The van der Waals surface area contributed by atoms with Gasteiger partial charge in [-0.05, 0) is 49.6 Å². The average molecular weight is 238 g/mol. The van der Waals surface area contributed by atoms with Crippen LogP contribution < -0.4 is 4.74 Å². The maximum absolute atomic E-state index is 8.84. The van der Waals surface area contributed by atoms with Gasteiger partial charge >= 0.3 is 0 Å².